The number of furan rings is 1. The van der Waals surface area contributed by atoms with Crippen molar-refractivity contribution in [2.75, 3.05) is 23.7 Å². The van der Waals surface area contributed by atoms with Crippen LogP contribution in [0.3, 0.4) is 0 Å². The molecule has 0 aromatic carbocycles. The lowest BCUT2D eigenvalue weighted by molar-refractivity contribution is -0.119. The number of carbonyl (C=O) groups is 1. The van der Waals surface area contributed by atoms with Gasteiger partial charge in [-0.2, -0.15) is 0 Å². The van der Waals surface area contributed by atoms with Crippen molar-refractivity contribution in [1.82, 2.24) is 20.1 Å². The lowest BCUT2D eigenvalue weighted by Gasteiger charge is -2.21. The van der Waals surface area contributed by atoms with Crippen molar-refractivity contribution in [3.63, 3.8) is 0 Å². The number of nitrogens with zero attached hydrogens (tertiary/aromatic N) is 4. The van der Waals surface area contributed by atoms with Gasteiger partial charge in [0.25, 0.3) is 0 Å². The van der Waals surface area contributed by atoms with Crippen molar-refractivity contribution < 1.29 is 9.21 Å². The van der Waals surface area contributed by atoms with E-state index in [0.29, 0.717) is 18.3 Å². The molecule has 158 valence electrons. The number of aromatic nitrogens is 3. The molecule has 1 aliphatic carbocycles. The number of rotatable bonds is 7. The lowest BCUT2D eigenvalue weighted by atomic mass is 9.97. The second-order valence-electron chi connectivity index (χ2n) is 8.04. The fourth-order valence-corrected chi connectivity index (χ4v) is 4.98. The van der Waals surface area contributed by atoms with Crippen molar-refractivity contribution in [3.8, 4) is 0 Å². The molecule has 3 heterocycles. The average Bonchev–Trinajstić information content (AvgIpc) is 3.44. The first-order valence-electron chi connectivity index (χ1n) is 10.9. The maximum Gasteiger partial charge on any atom is 0.230 e. The van der Waals surface area contributed by atoms with Gasteiger partial charge in [0.2, 0.25) is 11.9 Å². The molecule has 2 fully saturated rings. The molecule has 1 N–H and O–H groups in total. The monoisotopic (exact) mass is 417 g/mol. The molecule has 1 saturated heterocycles. The van der Waals surface area contributed by atoms with Gasteiger partial charge in [-0.05, 0) is 37.8 Å². The van der Waals surface area contributed by atoms with Crippen LogP contribution in [0.25, 0.3) is 0 Å². The summed E-state index contributed by atoms with van der Waals surface area (Å²) in [7, 11) is 0. The van der Waals surface area contributed by atoms with Gasteiger partial charge in [0.1, 0.15) is 5.76 Å². The molecule has 0 unspecified atom stereocenters. The van der Waals surface area contributed by atoms with Crippen LogP contribution in [0.1, 0.15) is 63.5 Å². The molecule has 1 aliphatic heterocycles. The lowest BCUT2D eigenvalue weighted by Crippen LogP contribution is -2.36. The predicted molar refractivity (Wildman–Crippen MR) is 114 cm³/mol. The molecule has 2 aromatic heterocycles. The molecule has 1 saturated carbocycles. The average molecular weight is 418 g/mol. The van der Waals surface area contributed by atoms with Crippen LogP contribution in [0.4, 0.5) is 5.95 Å². The van der Waals surface area contributed by atoms with Crippen LogP contribution < -0.4 is 10.2 Å². The normalized spacial score (nSPS) is 18.6. The molecule has 0 spiro atoms. The van der Waals surface area contributed by atoms with E-state index in [2.05, 4.69) is 25.0 Å². The summed E-state index contributed by atoms with van der Waals surface area (Å²) in [6.07, 6.45) is 12.6. The molecule has 2 aromatic rings. The predicted octanol–water partition coefficient (Wildman–Crippen LogP) is 3.84. The highest BCUT2D eigenvalue weighted by molar-refractivity contribution is 7.99. The van der Waals surface area contributed by atoms with Gasteiger partial charge in [-0.3, -0.25) is 9.36 Å². The van der Waals surface area contributed by atoms with Gasteiger partial charge in [-0.15, -0.1) is 10.2 Å². The highest BCUT2D eigenvalue weighted by Gasteiger charge is 2.23. The van der Waals surface area contributed by atoms with Gasteiger partial charge < -0.3 is 14.6 Å². The standard InChI is InChI=1S/C21H31N5O2S/c27-19(22-17-9-4-2-1-3-5-10-17)16-29-21-24-23-20(25-12-6-7-13-25)26(21)15-18-11-8-14-28-18/h8,11,14,17H,1-7,9-10,12-13,15-16H2,(H,22,27). The fourth-order valence-electron chi connectivity index (χ4n) is 4.24. The molecule has 7 nitrogen and oxygen atoms in total. The van der Waals surface area contributed by atoms with E-state index in [9.17, 15) is 4.79 Å². The van der Waals surface area contributed by atoms with Crippen molar-refractivity contribution >= 4 is 23.6 Å². The van der Waals surface area contributed by atoms with Gasteiger partial charge in [-0.1, -0.05) is 43.9 Å². The van der Waals surface area contributed by atoms with Crippen LogP contribution in [0.5, 0.6) is 0 Å². The summed E-state index contributed by atoms with van der Waals surface area (Å²) in [6.45, 7) is 2.59. The number of thioether (sulfide) groups is 1. The summed E-state index contributed by atoms with van der Waals surface area (Å²) >= 11 is 1.46. The molecular formula is C21H31N5O2S. The second-order valence-corrected chi connectivity index (χ2v) is 8.98. The zero-order valence-corrected chi connectivity index (χ0v) is 17.8. The maximum absolute atomic E-state index is 12.6. The largest absolute Gasteiger partial charge is 0.467 e. The number of nitrogens with one attached hydrogen (secondary N) is 1. The third kappa shape index (κ3) is 5.56. The molecule has 29 heavy (non-hydrogen) atoms. The van der Waals surface area contributed by atoms with E-state index in [4.69, 9.17) is 4.42 Å². The Balaban J connectivity index is 1.38. The third-order valence-electron chi connectivity index (χ3n) is 5.78. The minimum absolute atomic E-state index is 0.0934. The van der Waals surface area contributed by atoms with Gasteiger partial charge in [0.15, 0.2) is 5.16 Å². The first kappa shape index (κ1) is 20.3. The van der Waals surface area contributed by atoms with Crippen LogP contribution in [-0.4, -0.2) is 45.6 Å². The van der Waals surface area contributed by atoms with E-state index in [-0.39, 0.29) is 5.91 Å². The van der Waals surface area contributed by atoms with Crippen LogP contribution >= 0.6 is 11.8 Å². The van der Waals surface area contributed by atoms with Crippen LogP contribution in [0, 0.1) is 0 Å². The molecule has 8 heteroatoms. The minimum Gasteiger partial charge on any atom is -0.467 e. The van der Waals surface area contributed by atoms with E-state index in [1.165, 1.54) is 56.7 Å². The third-order valence-corrected chi connectivity index (χ3v) is 6.75. The summed E-state index contributed by atoms with van der Waals surface area (Å²) < 4.78 is 7.63. The van der Waals surface area contributed by atoms with Crippen molar-refractivity contribution in [3.05, 3.63) is 24.2 Å². The Morgan fingerprint density at radius 3 is 2.59 bits per heavy atom. The Labute approximate surface area is 176 Å². The Morgan fingerprint density at radius 2 is 1.86 bits per heavy atom. The maximum atomic E-state index is 12.6. The van der Waals surface area contributed by atoms with Crippen molar-refractivity contribution in [2.45, 2.75) is 75.5 Å². The SMILES string of the molecule is O=C(CSc1nnc(N2CCCC2)n1Cc1ccco1)NC1CCCCCCC1. The minimum atomic E-state index is 0.0934. The smallest absolute Gasteiger partial charge is 0.230 e. The van der Waals surface area contributed by atoms with Gasteiger partial charge in [0, 0.05) is 19.1 Å². The Morgan fingerprint density at radius 1 is 1.10 bits per heavy atom. The van der Waals surface area contributed by atoms with Crippen LogP contribution in [0.15, 0.2) is 28.0 Å². The molecule has 1 amide bonds. The Kier molecular flexibility index (Phi) is 7.14. The summed E-state index contributed by atoms with van der Waals surface area (Å²) in [5.74, 6) is 2.20. The van der Waals surface area contributed by atoms with E-state index < -0.39 is 0 Å². The Hall–Kier alpha value is -1.96. The molecule has 0 atom stereocenters. The zero-order chi connectivity index (χ0) is 19.9. The van der Waals surface area contributed by atoms with Crippen LogP contribution in [0.2, 0.25) is 0 Å². The summed E-state index contributed by atoms with van der Waals surface area (Å²) in [5.41, 5.74) is 0. The summed E-state index contributed by atoms with van der Waals surface area (Å²) in [6, 6.07) is 4.18. The van der Waals surface area contributed by atoms with E-state index in [0.717, 1.165) is 42.8 Å². The highest BCUT2D eigenvalue weighted by atomic mass is 32.2. The first-order chi connectivity index (χ1) is 14.3. The topological polar surface area (TPSA) is 76.2 Å². The van der Waals surface area contributed by atoms with Gasteiger partial charge in [-0.25, -0.2) is 0 Å². The number of carbonyl (C=O) groups excluding carboxylic acids is 1. The molecule has 4 rings (SSSR count). The first-order valence-corrected chi connectivity index (χ1v) is 11.9. The highest BCUT2D eigenvalue weighted by Crippen LogP contribution is 2.26. The quantitative estimate of drug-likeness (QED) is 0.690. The summed E-state index contributed by atoms with van der Waals surface area (Å²) in [4.78, 5) is 14.8. The van der Waals surface area contributed by atoms with Crippen LogP contribution in [-0.2, 0) is 11.3 Å². The number of amides is 1. The van der Waals surface area contributed by atoms with E-state index in [1.807, 2.05) is 12.1 Å². The fraction of sp³-hybridized carbons (Fsp3) is 0.667. The molecule has 0 bridgehead atoms. The molecule has 2 aliphatic rings. The second kappa shape index (κ2) is 10.2. The van der Waals surface area contributed by atoms with Gasteiger partial charge in [0.05, 0.1) is 18.6 Å². The van der Waals surface area contributed by atoms with Gasteiger partial charge >= 0.3 is 0 Å². The number of hydrogen-bond acceptors (Lipinski definition) is 6. The Bertz CT molecular complexity index is 762. The van der Waals surface area contributed by atoms with Crippen molar-refractivity contribution in [2.24, 2.45) is 0 Å². The van der Waals surface area contributed by atoms with E-state index in [1.54, 1.807) is 6.26 Å². The molecular weight excluding hydrogens is 386 g/mol. The number of hydrogen-bond donors (Lipinski definition) is 1. The molecule has 0 radical (unpaired) electrons. The van der Waals surface area contributed by atoms with E-state index >= 15 is 0 Å². The zero-order valence-electron chi connectivity index (χ0n) is 17.0. The van der Waals surface area contributed by atoms with Crippen molar-refractivity contribution in [1.29, 1.82) is 0 Å². The number of anilines is 1. The summed E-state index contributed by atoms with van der Waals surface area (Å²) in [5, 5.41) is 12.9.